The van der Waals surface area contributed by atoms with E-state index in [4.69, 9.17) is 0 Å². The SMILES string of the molecule is COC(=O)CS(=O)(=O)NC(C)C(C)=O. The Balaban J connectivity index is 4.36. The number of ketones is 1. The molecule has 0 aromatic heterocycles. The van der Waals surface area contributed by atoms with Crippen molar-refractivity contribution in [3.8, 4) is 0 Å². The minimum Gasteiger partial charge on any atom is -0.468 e. The summed E-state index contributed by atoms with van der Waals surface area (Å²) in [6, 6.07) is -0.829. The van der Waals surface area contributed by atoms with Gasteiger partial charge in [-0.15, -0.1) is 0 Å². The maximum atomic E-state index is 11.2. The van der Waals surface area contributed by atoms with Crippen LogP contribution in [0.5, 0.6) is 0 Å². The zero-order valence-electron chi connectivity index (χ0n) is 8.23. The normalized spacial score (nSPS) is 13.4. The molecule has 0 radical (unpaired) electrons. The lowest BCUT2D eigenvalue weighted by atomic mass is 10.3. The number of nitrogens with one attached hydrogen (secondary N) is 1. The standard InChI is InChI=1S/C7H13NO5S/c1-5(6(2)9)8-14(11,12)4-7(10)13-3/h5,8H,4H2,1-3H3. The molecule has 1 atom stereocenters. The Morgan fingerprint density at radius 2 is 1.93 bits per heavy atom. The van der Waals surface area contributed by atoms with Crippen molar-refractivity contribution in [1.82, 2.24) is 4.72 Å². The second-order valence-corrected chi connectivity index (χ2v) is 4.54. The molecular weight excluding hydrogens is 210 g/mol. The van der Waals surface area contributed by atoms with Crippen molar-refractivity contribution in [1.29, 1.82) is 0 Å². The van der Waals surface area contributed by atoms with E-state index in [1.54, 1.807) is 0 Å². The van der Waals surface area contributed by atoms with E-state index in [1.807, 2.05) is 4.72 Å². The van der Waals surface area contributed by atoms with Crippen LogP contribution in [-0.4, -0.2) is 39.1 Å². The van der Waals surface area contributed by atoms with Crippen molar-refractivity contribution in [2.45, 2.75) is 19.9 Å². The summed E-state index contributed by atoms with van der Waals surface area (Å²) >= 11 is 0. The number of esters is 1. The Morgan fingerprint density at radius 3 is 2.29 bits per heavy atom. The molecule has 0 aliphatic rings. The minimum atomic E-state index is -3.78. The van der Waals surface area contributed by atoms with Gasteiger partial charge in [0, 0.05) is 0 Å². The predicted octanol–water partition coefficient (Wildman–Crippen LogP) is -0.944. The van der Waals surface area contributed by atoms with E-state index in [0.29, 0.717) is 0 Å². The van der Waals surface area contributed by atoms with Gasteiger partial charge in [-0.3, -0.25) is 9.59 Å². The van der Waals surface area contributed by atoms with E-state index in [0.717, 1.165) is 7.11 Å². The highest BCUT2D eigenvalue weighted by Crippen LogP contribution is 1.92. The first-order valence-electron chi connectivity index (χ1n) is 3.86. The average molecular weight is 223 g/mol. The molecular formula is C7H13NO5S. The largest absolute Gasteiger partial charge is 0.468 e. The number of hydrogen-bond acceptors (Lipinski definition) is 5. The van der Waals surface area contributed by atoms with Gasteiger partial charge >= 0.3 is 5.97 Å². The first-order valence-corrected chi connectivity index (χ1v) is 5.51. The highest BCUT2D eigenvalue weighted by Gasteiger charge is 2.20. The molecule has 0 heterocycles. The summed E-state index contributed by atoms with van der Waals surface area (Å²) in [5.41, 5.74) is 0. The van der Waals surface area contributed by atoms with E-state index in [2.05, 4.69) is 4.74 Å². The number of sulfonamides is 1. The van der Waals surface area contributed by atoms with Gasteiger partial charge in [0.1, 0.15) is 5.78 Å². The second kappa shape index (κ2) is 5.06. The average Bonchev–Trinajstić information content (AvgIpc) is 2.02. The van der Waals surface area contributed by atoms with Crippen molar-refractivity contribution >= 4 is 21.8 Å². The molecule has 0 aromatic rings. The molecule has 7 heteroatoms. The van der Waals surface area contributed by atoms with Crippen LogP contribution in [-0.2, 0) is 24.3 Å². The van der Waals surface area contributed by atoms with Crippen LogP contribution in [0.15, 0.2) is 0 Å². The first-order chi connectivity index (χ1) is 6.28. The molecule has 0 aromatic carbocycles. The Morgan fingerprint density at radius 1 is 1.43 bits per heavy atom. The number of ether oxygens (including phenoxy) is 1. The molecule has 0 saturated heterocycles. The smallest absolute Gasteiger partial charge is 0.322 e. The summed E-state index contributed by atoms with van der Waals surface area (Å²) in [4.78, 5) is 21.4. The number of rotatable bonds is 5. The summed E-state index contributed by atoms with van der Waals surface area (Å²) < 4.78 is 28.5. The predicted molar refractivity (Wildman–Crippen MR) is 49.1 cm³/mol. The lowest BCUT2D eigenvalue weighted by Crippen LogP contribution is -2.40. The van der Waals surface area contributed by atoms with Crippen LogP contribution in [0.4, 0.5) is 0 Å². The number of Topliss-reactive ketones (excluding diaryl/α,β-unsaturated/α-hetero) is 1. The molecule has 0 amide bonds. The summed E-state index contributed by atoms with van der Waals surface area (Å²) in [6.45, 7) is 2.66. The molecule has 0 fully saturated rings. The lowest BCUT2D eigenvalue weighted by molar-refractivity contribution is -0.137. The molecule has 1 unspecified atom stereocenters. The van der Waals surface area contributed by atoms with Gasteiger partial charge in [-0.25, -0.2) is 13.1 Å². The van der Waals surface area contributed by atoms with E-state index in [-0.39, 0.29) is 5.78 Å². The van der Waals surface area contributed by atoms with Crippen LogP contribution in [0.3, 0.4) is 0 Å². The van der Waals surface area contributed by atoms with Gasteiger partial charge in [-0.1, -0.05) is 0 Å². The summed E-state index contributed by atoms with van der Waals surface area (Å²) in [6.07, 6.45) is 0. The maximum Gasteiger partial charge on any atom is 0.322 e. The summed E-state index contributed by atoms with van der Waals surface area (Å²) in [7, 11) is -2.69. The third kappa shape index (κ3) is 4.93. The molecule has 14 heavy (non-hydrogen) atoms. The van der Waals surface area contributed by atoms with Crippen LogP contribution in [0.25, 0.3) is 0 Å². The van der Waals surface area contributed by atoms with E-state index >= 15 is 0 Å². The Labute approximate surface area is 82.7 Å². The molecule has 1 N–H and O–H groups in total. The Hall–Kier alpha value is -0.950. The third-order valence-corrected chi connectivity index (χ3v) is 2.83. The molecule has 6 nitrogen and oxygen atoms in total. The molecule has 0 aliphatic heterocycles. The third-order valence-electron chi connectivity index (χ3n) is 1.50. The fourth-order valence-corrected chi connectivity index (χ4v) is 1.82. The molecule has 0 bridgehead atoms. The maximum absolute atomic E-state index is 11.2. The van der Waals surface area contributed by atoms with Crippen molar-refractivity contribution in [2.24, 2.45) is 0 Å². The molecule has 0 saturated carbocycles. The van der Waals surface area contributed by atoms with Crippen molar-refractivity contribution in [3.63, 3.8) is 0 Å². The Bertz CT molecular complexity index is 321. The van der Waals surface area contributed by atoms with Gasteiger partial charge in [0.15, 0.2) is 5.75 Å². The molecule has 0 aliphatic carbocycles. The van der Waals surface area contributed by atoms with Crippen molar-refractivity contribution < 1.29 is 22.7 Å². The zero-order valence-corrected chi connectivity index (χ0v) is 9.05. The van der Waals surface area contributed by atoms with E-state index in [9.17, 15) is 18.0 Å². The lowest BCUT2D eigenvalue weighted by Gasteiger charge is -2.09. The zero-order chi connectivity index (χ0) is 11.4. The first kappa shape index (κ1) is 13.1. The highest BCUT2D eigenvalue weighted by molar-refractivity contribution is 7.90. The van der Waals surface area contributed by atoms with Crippen LogP contribution >= 0.6 is 0 Å². The number of carbonyl (C=O) groups is 2. The minimum absolute atomic E-state index is 0.321. The van der Waals surface area contributed by atoms with E-state index in [1.165, 1.54) is 13.8 Å². The highest BCUT2D eigenvalue weighted by atomic mass is 32.2. The topological polar surface area (TPSA) is 89.5 Å². The molecule has 0 spiro atoms. The van der Waals surface area contributed by atoms with Crippen LogP contribution in [0.1, 0.15) is 13.8 Å². The summed E-state index contributed by atoms with van der Waals surface area (Å²) in [5.74, 6) is -1.96. The van der Waals surface area contributed by atoms with Crippen LogP contribution in [0, 0.1) is 0 Å². The van der Waals surface area contributed by atoms with Crippen LogP contribution < -0.4 is 4.72 Å². The summed E-state index contributed by atoms with van der Waals surface area (Å²) in [5, 5.41) is 0. The number of methoxy groups -OCH3 is 1. The van der Waals surface area contributed by atoms with Crippen molar-refractivity contribution in [2.75, 3.05) is 12.9 Å². The monoisotopic (exact) mass is 223 g/mol. The van der Waals surface area contributed by atoms with Gasteiger partial charge in [-0.2, -0.15) is 0 Å². The van der Waals surface area contributed by atoms with Gasteiger partial charge in [0.2, 0.25) is 10.0 Å². The molecule has 82 valence electrons. The van der Waals surface area contributed by atoms with Gasteiger partial charge in [0.25, 0.3) is 0 Å². The second-order valence-electron chi connectivity index (χ2n) is 2.79. The number of hydrogen-bond donors (Lipinski definition) is 1. The fourth-order valence-electron chi connectivity index (χ4n) is 0.608. The molecule has 0 rings (SSSR count). The van der Waals surface area contributed by atoms with Crippen LogP contribution in [0.2, 0.25) is 0 Å². The van der Waals surface area contributed by atoms with Gasteiger partial charge < -0.3 is 4.74 Å². The number of carbonyl (C=O) groups excluding carboxylic acids is 2. The van der Waals surface area contributed by atoms with E-state index < -0.39 is 27.8 Å². The van der Waals surface area contributed by atoms with Gasteiger partial charge in [0.05, 0.1) is 13.2 Å². The fraction of sp³-hybridized carbons (Fsp3) is 0.714. The Kier molecular flexibility index (Phi) is 4.72. The quantitative estimate of drug-likeness (QED) is 0.607. The van der Waals surface area contributed by atoms with Crippen molar-refractivity contribution in [3.05, 3.63) is 0 Å². The van der Waals surface area contributed by atoms with Gasteiger partial charge in [-0.05, 0) is 13.8 Å².